The van der Waals surface area contributed by atoms with Gasteiger partial charge in [-0.05, 0) is 31.6 Å². The SMILES string of the molecule is CC(C)C(NC(=O)C(CCCN=C(N)N)NC(=O)C(N)CS)C(=O)N1CCCC1C(=O)O. The number of hydrogen-bond acceptors (Lipinski definition) is 7. The van der Waals surface area contributed by atoms with Crippen molar-refractivity contribution in [3.8, 4) is 0 Å². The molecule has 0 bridgehead atoms. The number of carbonyl (C=O) groups is 4. The highest BCUT2D eigenvalue weighted by molar-refractivity contribution is 7.80. The van der Waals surface area contributed by atoms with Crippen molar-refractivity contribution in [2.75, 3.05) is 18.8 Å². The molecule has 0 spiro atoms. The van der Waals surface area contributed by atoms with Gasteiger partial charge in [0.05, 0.1) is 6.04 Å². The fourth-order valence-electron chi connectivity index (χ4n) is 3.37. The number of carbonyl (C=O) groups excluding carboxylic acids is 3. The van der Waals surface area contributed by atoms with Gasteiger partial charge in [-0.2, -0.15) is 12.6 Å². The van der Waals surface area contributed by atoms with Gasteiger partial charge < -0.3 is 37.8 Å². The number of carboxylic acids is 1. The summed E-state index contributed by atoms with van der Waals surface area (Å²) in [6.07, 6.45) is 1.53. The summed E-state index contributed by atoms with van der Waals surface area (Å²) >= 11 is 3.99. The van der Waals surface area contributed by atoms with Crippen LogP contribution >= 0.6 is 12.6 Å². The highest BCUT2D eigenvalue weighted by Crippen LogP contribution is 2.20. The number of rotatable bonds is 12. The summed E-state index contributed by atoms with van der Waals surface area (Å²) in [5.41, 5.74) is 16.3. The van der Waals surface area contributed by atoms with E-state index < -0.39 is 47.9 Å². The summed E-state index contributed by atoms with van der Waals surface area (Å²) < 4.78 is 0. The van der Waals surface area contributed by atoms with Crippen LogP contribution in [0.1, 0.15) is 39.5 Å². The Morgan fingerprint density at radius 1 is 1.19 bits per heavy atom. The van der Waals surface area contributed by atoms with Gasteiger partial charge in [0.15, 0.2) is 5.96 Å². The molecule has 1 heterocycles. The first-order chi connectivity index (χ1) is 15.0. The Morgan fingerprint density at radius 3 is 2.38 bits per heavy atom. The van der Waals surface area contributed by atoms with E-state index in [-0.39, 0.29) is 30.6 Å². The van der Waals surface area contributed by atoms with Crippen molar-refractivity contribution in [2.45, 2.75) is 63.7 Å². The third-order valence-corrected chi connectivity index (χ3v) is 5.56. The molecule has 12 nitrogen and oxygen atoms in total. The molecular formula is C19H35N7O5S. The highest BCUT2D eigenvalue weighted by atomic mass is 32.1. The maximum absolute atomic E-state index is 13.1. The molecule has 0 aromatic carbocycles. The van der Waals surface area contributed by atoms with E-state index >= 15 is 0 Å². The fraction of sp³-hybridized carbons (Fsp3) is 0.737. The second kappa shape index (κ2) is 13.1. The number of thiol groups is 1. The van der Waals surface area contributed by atoms with E-state index in [1.807, 2.05) is 0 Å². The lowest BCUT2D eigenvalue weighted by molar-refractivity contribution is -0.150. The molecule has 0 radical (unpaired) electrons. The fourth-order valence-corrected chi connectivity index (χ4v) is 3.53. The molecule has 1 aliphatic heterocycles. The maximum atomic E-state index is 13.1. The number of nitrogens with zero attached hydrogens (tertiary/aromatic N) is 2. The maximum Gasteiger partial charge on any atom is 0.326 e. The van der Waals surface area contributed by atoms with E-state index in [9.17, 15) is 24.3 Å². The molecule has 3 amide bonds. The van der Waals surface area contributed by atoms with Crippen LogP contribution in [0.15, 0.2) is 4.99 Å². The van der Waals surface area contributed by atoms with Crippen molar-refractivity contribution in [1.82, 2.24) is 15.5 Å². The molecule has 0 saturated carbocycles. The number of aliphatic carboxylic acids is 1. The van der Waals surface area contributed by atoms with Gasteiger partial charge in [0.2, 0.25) is 17.7 Å². The standard InChI is InChI=1S/C19H35N7O5S/c1-10(2)14(17(29)26-8-4-6-13(26)18(30)31)25-16(28)12(5-3-7-23-19(21)22)24-15(27)11(20)9-32/h10-14,32H,3-9,20H2,1-2H3,(H,24,27)(H,25,28)(H,30,31)(H4,21,22,23). The largest absolute Gasteiger partial charge is 0.480 e. The zero-order chi connectivity index (χ0) is 24.4. The summed E-state index contributed by atoms with van der Waals surface area (Å²) in [5, 5.41) is 14.6. The summed E-state index contributed by atoms with van der Waals surface area (Å²) in [7, 11) is 0. The van der Waals surface area contributed by atoms with Gasteiger partial charge in [0.25, 0.3) is 0 Å². The van der Waals surface area contributed by atoms with E-state index in [0.29, 0.717) is 25.8 Å². The average molecular weight is 474 g/mol. The normalized spacial score (nSPS) is 18.5. The second-order valence-electron chi connectivity index (χ2n) is 8.06. The van der Waals surface area contributed by atoms with E-state index in [1.54, 1.807) is 13.8 Å². The van der Waals surface area contributed by atoms with E-state index in [2.05, 4.69) is 28.3 Å². The van der Waals surface area contributed by atoms with Crippen LogP contribution in [-0.4, -0.2) is 82.7 Å². The lowest BCUT2D eigenvalue weighted by atomic mass is 10.0. The quantitative estimate of drug-likeness (QED) is 0.0728. The van der Waals surface area contributed by atoms with Crippen molar-refractivity contribution >= 4 is 42.3 Å². The third kappa shape index (κ3) is 8.19. The number of likely N-dealkylation sites (tertiary alicyclic amines) is 1. The molecule has 0 aliphatic carbocycles. The van der Waals surface area contributed by atoms with Gasteiger partial charge in [-0.25, -0.2) is 4.79 Å². The highest BCUT2D eigenvalue weighted by Gasteiger charge is 2.39. The molecular weight excluding hydrogens is 438 g/mol. The Balaban J connectivity index is 2.95. The Morgan fingerprint density at radius 2 is 1.84 bits per heavy atom. The zero-order valence-electron chi connectivity index (χ0n) is 18.5. The van der Waals surface area contributed by atoms with Gasteiger partial charge in [0.1, 0.15) is 18.1 Å². The number of carboxylic acid groups (broad SMARTS) is 1. The summed E-state index contributed by atoms with van der Waals surface area (Å²) in [5.74, 6) is -2.97. The monoisotopic (exact) mass is 473 g/mol. The molecule has 1 saturated heterocycles. The number of amides is 3. The Hall–Kier alpha value is -2.54. The first kappa shape index (κ1) is 27.5. The van der Waals surface area contributed by atoms with Crippen LogP contribution in [0, 0.1) is 5.92 Å². The van der Waals surface area contributed by atoms with Gasteiger partial charge >= 0.3 is 5.97 Å². The minimum atomic E-state index is -1.07. The van der Waals surface area contributed by atoms with E-state index in [4.69, 9.17) is 17.2 Å². The van der Waals surface area contributed by atoms with E-state index in [0.717, 1.165) is 0 Å². The second-order valence-corrected chi connectivity index (χ2v) is 8.42. The molecule has 4 unspecified atom stereocenters. The summed E-state index contributed by atoms with van der Waals surface area (Å²) in [6, 6.07) is -3.75. The van der Waals surface area contributed by atoms with E-state index in [1.165, 1.54) is 4.90 Å². The first-order valence-corrected chi connectivity index (χ1v) is 11.2. The molecule has 1 aliphatic rings. The van der Waals surface area contributed by atoms with Crippen LogP contribution in [0.3, 0.4) is 0 Å². The minimum absolute atomic E-state index is 0.0869. The van der Waals surface area contributed by atoms with Crippen LogP contribution in [0.5, 0.6) is 0 Å². The molecule has 32 heavy (non-hydrogen) atoms. The molecule has 0 aromatic heterocycles. The molecule has 0 aromatic rings. The van der Waals surface area contributed by atoms with Crippen molar-refractivity contribution < 1.29 is 24.3 Å². The number of hydrogen-bond donors (Lipinski definition) is 7. The smallest absolute Gasteiger partial charge is 0.326 e. The van der Waals surface area contributed by atoms with Crippen LogP contribution in [0.25, 0.3) is 0 Å². The molecule has 4 atom stereocenters. The van der Waals surface area contributed by atoms with Crippen molar-refractivity contribution in [1.29, 1.82) is 0 Å². The zero-order valence-corrected chi connectivity index (χ0v) is 19.4. The van der Waals surface area contributed by atoms with Crippen LogP contribution in [-0.2, 0) is 19.2 Å². The molecule has 182 valence electrons. The molecule has 1 rings (SSSR count). The van der Waals surface area contributed by atoms with Crippen LogP contribution in [0.2, 0.25) is 0 Å². The predicted molar refractivity (Wildman–Crippen MR) is 123 cm³/mol. The predicted octanol–water partition coefficient (Wildman–Crippen LogP) is -2.00. The average Bonchev–Trinajstić information content (AvgIpc) is 3.22. The van der Waals surface area contributed by atoms with Gasteiger partial charge in [0, 0.05) is 18.8 Å². The van der Waals surface area contributed by atoms with Gasteiger partial charge in [-0.15, -0.1) is 0 Å². The molecule has 9 N–H and O–H groups in total. The topological polar surface area (TPSA) is 206 Å². The number of nitrogens with two attached hydrogens (primary N) is 3. The van der Waals surface area contributed by atoms with Crippen molar-refractivity contribution in [2.24, 2.45) is 28.1 Å². The first-order valence-electron chi connectivity index (χ1n) is 10.5. The molecule has 13 heteroatoms. The lowest BCUT2D eigenvalue weighted by Crippen LogP contribution is -2.58. The van der Waals surface area contributed by atoms with Gasteiger partial charge in [-0.3, -0.25) is 19.4 Å². The summed E-state index contributed by atoms with van der Waals surface area (Å²) in [4.78, 5) is 54.9. The Labute approximate surface area is 193 Å². The van der Waals surface area contributed by atoms with Crippen LogP contribution in [0.4, 0.5) is 0 Å². The Kier molecular flexibility index (Phi) is 11.3. The van der Waals surface area contributed by atoms with Crippen molar-refractivity contribution in [3.05, 3.63) is 0 Å². The molecule has 1 fully saturated rings. The number of aliphatic imine (C=N–C) groups is 1. The van der Waals surface area contributed by atoms with Crippen molar-refractivity contribution in [3.63, 3.8) is 0 Å². The third-order valence-electron chi connectivity index (χ3n) is 5.16. The van der Waals surface area contributed by atoms with Gasteiger partial charge in [-0.1, -0.05) is 13.8 Å². The number of guanidine groups is 1. The lowest BCUT2D eigenvalue weighted by Gasteiger charge is -2.30. The number of nitrogens with one attached hydrogen (secondary N) is 2. The van der Waals surface area contributed by atoms with Crippen LogP contribution < -0.4 is 27.8 Å². The summed E-state index contributed by atoms with van der Waals surface area (Å²) in [6.45, 7) is 4.06. The minimum Gasteiger partial charge on any atom is -0.480 e. The Bertz CT molecular complexity index is 714.